The smallest absolute Gasteiger partial charge is 0.228 e. The Balaban J connectivity index is 1.63. The molecule has 0 atom stereocenters. The molecular formula is C17H18N8S. The second kappa shape index (κ2) is 7.12. The monoisotopic (exact) mass is 366 g/mol. The first-order valence-electron chi connectivity index (χ1n) is 8.15. The van der Waals surface area contributed by atoms with Crippen molar-refractivity contribution in [3.05, 3.63) is 48.7 Å². The Bertz CT molecular complexity index is 1040. The van der Waals surface area contributed by atoms with Gasteiger partial charge in [0.2, 0.25) is 5.95 Å². The number of anilines is 2. The van der Waals surface area contributed by atoms with Crippen LogP contribution in [0.2, 0.25) is 0 Å². The average molecular weight is 366 g/mol. The normalized spacial score (nSPS) is 11.2. The molecule has 0 amide bonds. The van der Waals surface area contributed by atoms with E-state index in [-0.39, 0.29) is 0 Å². The molecule has 0 spiro atoms. The minimum Gasteiger partial charge on any atom is -0.309 e. The molecule has 0 fully saturated rings. The molecule has 4 rings (SSSR count). The van der Waals surface area contributed by atoms with Crippen molar-refractivity contribution in [2.24, 2.45) is 7.05 Å². The minimum absolute atomic E-state index is 0.521. The van der Waals surface area contributed by atoms with Gasteiger partial charge in [-0.25, -0.2) is 9.97 Å². The molecule has 0 saturated heterocycles. The second-order valence-electron chi connectivity index (χ2n) is 5.73. The zero-order chi connectivity index (χ0) is 17.9. The lowest BCUT2D eigenvalue weighted by molar-refractivity contribution is 0.775. The van der Waals surface area contributed by atoms with Crippen LogP contribution in [0.15, 0.2) is 42.9 Å². The van der Waals surface area contributed by atoms with Crippen molar-refractivity contribution in [2.75, 3.05) is 17.3 Å². The predicted octanol–water partition coefficient (Wildman–Crippen LogP) is 2.57. The molecule has 0 aliphatic carbocycles. The maximum Gasteiger partial charge on any atom is 0.228 e. The van der Waals surface area contributed by atoms with Crippen molar-refractivity contribution in [2.45, 2.75) is 6.42 Å². The number of rotatable bonds is 6. The maximum atomic E-state index is 4.60. The van der Waals surface area contributed by atoms with E-state index in [0.29, 0.717) is 5.95 Å². The van der Waals surface area contributed by atoms with Gasteiger partial charge < -0.3 is 5.32 Å². The van der Waals surface area contributed by atoms with Crippen LogP contribution in [0.25, 0.3) is 16.9 Å². The number of hydrogen-bond donors (Lipinski definition) is 1. The number of hydrogen-bond acceptors (Lipinski definition) is 7. The van der Waals surface area contributed by atoms with E-state index in [1.807, 2.05) is 41.9 Å². The third-order valence-corrected chi connectivity index (χ3v) is 4.63. The van der Waals surface area contributed by atoms with Crippen molar-refractivity contribution in [3.8, 4) is 11.3 Å². The lowest BCUT2D eigenvalue weighted by Crippen LogP contribution is -2.03. The van der Waals surface area contributed by atoms with E-state index >= 15 is 0 Å². The highest BCUT2D eigenvalue weighted by Gasteiger charge is 2.09. The number of nitrogens with one attached hydrogen (secondary N) is 1. The Morgan fingerprint density at radius 2 is 2.08 bits per heavy atom. The molecule has 4 heterocycles. The number of pyridine rings is 1. The third kappa shape index (κ3) is 3.25. The maximum absolute atomic E-state index is 4.60. The lowest BCUT2D eigenvalue weighted by Gasteiger charge is -2.07. The van der Waals surface area contributed by atoms with E-state index in [9.17, 15) is 0 Å². The minimum atomic E-state index is 0.521. The molecule has 132 valence electrons. The molecule has 0 bridgehead atoms. The third-order valence-electron chi connectivity index (χ3n) is 4.02. The van der Waals surface area contributed by atoms with Crippen molar-refractivity contribution in [3.63, 3.8) is 0 Å². The summed E-state index contributed by atoms with van der Waals surface area (Å²) in [6.45, 7) is 0. The molecule has 9 heteroatoms. The lowest BCUT2D eigenvalue weighted by atomic mass is 10.2. The van der Waals surface area contributed by atoms with Crippen molar-refractivity contribution < 1.29 is 0 Å². The fraction of sp³-hybridized carbons (Fsp3) is 0.235. The van der Waals surface area contributed by atoms with Gasteiger partial charge in [-0.15, -0.1) is 10.2 Å². The zero-order valence-electron chi connectivity index (χ0n) is 14.5. The largest absolute Gasteiger partial charge is 0.309 e. The van der Waals surface area contributed by atoms with Gasteiger partial charge in [-0.1, -0.05) is 0 Å². The second-order valence-corrected chi connectivity index (χ2v) is 6.72. The van der Waals surface area contributed by atoms with Gasteiger partial charge in [0.15, 0.2) is 5.65 Å². The van der Waals surface area contributed by atoms with Crippen molar-refractivity contribution >= 4 is 29.2 Å². The molecule has 8 nitrogen and oxygen atoms in total. The summed E-state index contributed by atoms with van der Waals surface area (Å²) < 4.78 is 3.75. The zero-order valence-corrected chi connectivity index (χ0v) is 15.3. The van der Waals surface area contributed by atoms with Crippen LogP contribution in [0.4, 0.5) is 11.8 Å². The highest BCUT2D eigenvalue weighted by atomic mass is 32.2. The Hall–Kier alpha value is -2.94. The Morgan fingerprint density at radius 3 is 2.88 bits per heavy atom. The summed E-state index contributed by atoms with van der Waals surface area (Å²) >= 11 is 1.80. The molecule has 0 radical (unpaired) electrons. The number of fused-ring (bicyclic) bond motifs is 1. The standard InChI is InChI=1S/C17H18N8S/c1-24-14(4-8-19-24)21-17-18-7-3-13(20-17)12-5-9-25-15(6-10-26-2)22-23-16(25)11-12/h3-5,7-9,11H,6,10H2,1-2H3,(H,18,20,21). The summed E-state index contributed by atoms with van der Waals surface area (Å²) in [6, 6.07) is 7.76. The molecule has 0 aliphatic rings. The number of nitrogens with zero attached hydrogens (tertiary/aromatic N) is 7. The Kier molecular flexibility index (Phi) is 4.53. The van der Waals surface area contributed by atoms with Gasteiger partial charge in [0.05, 0.1) is 11.9 Å². The SMILES string of the molecule is CSCCc1nnc2cc(-c3ccnc(Nc4ccnn4C)n3)ccn12. The van der Waals surface area contributed by atoms with Crippen LogP contribution >= 0.6 is 11.8 Å². The summed E-state index contributed by atoms with van der Waals surface area (Å²) in [7, 11) is 1.86. The van der Waals surface area contributed by atoms with Gasteiger partial charge in [0, 0.05) is 43.2 Å². The number of thioether (sulfide) groups is 1. The highest BCUT2D eigenvalue weighted by Crippen LogP contribution is 2.21. The first-order valence-corrected chi connectivity index (χ1v) is 9.55. The fourth-order valence-corrected chi connectivity index (χ4v) is 3.04. The molecule has 0 unspecified atom stereocenters. The Labute approximate surface area is 154 Å². The highest BCUT2D eigenvalue weighted by molar-refractivity contribution is 7.98. The van der Waals surface area contributed by atoms with Crippen molar-refractivity contribution in [1.29, 1.82) is 0 Å². The molecule has 0 saturated carbocycles. The van der Waals surface area contributed by atoms with Crippen LogP contribution in [-0.4, -0.2) is 46.4 Å². The van der Waals surface area contributed by atoms with Crippen LogP contribution in [0.1, 0.15) is 5.82 Å². The van der Waals surface area contributed by atoms with E-state index in [1.165, 1.54) is 0 Å². The van der Waals surface area contributed by atoms with Crippen LogP contribution < -0.4 is 5.32 Å². The van der Waals surface area contributed by atoms with E-state index in [4.69, 9.17) is 0 Å². The van der Waals surface area contributed by atoms with Crippen LogP contribution in [0.5, 0.6) is 0 Å². The quantitative estimate of drug-likeness (QED) is 0.561. The molecule has 4 aromatic heterocycles. The molecule has 26 heavy (non-hydrogen) atoms. The van der Waals surface area contributed by atoms with Gasteiger partial charge in [0.1, 0.15) is 11.6 Å². The van der Waals surface area contributed by atoms with Gasteiger partial charge >= 0.3 is 0 Å². The van der Waals surface area contributed by atoms with Crippen LogP contribution in [-0.2, 0) is 13.5 Å². The Morgan fingerprint density at radius 1 is 1.15 bits per heavy atom. The van der Waals surface area contributed by atoms with E-state index in [0.717, 1.165) is 40.7 Å². The summed E-state index contributed by atoms with van der Waals surface area (Å²) in [4.78, 5) is 8.88. The van der Waals surface area contributed by atoms with E-state index in [1.54, 1.807) is 28.8 Å². The summed E-state index contributed by atoms with van der Waals surface area (Å²) in [5, 5.41) is 15.9. The first kappa shape index (κ1) is 16.5. The number of aromatic nitrogens is 7. The topological polar surface area (TPSA) is 85.8 Å². The summed E-state index contributed by atoms with van der Waals surface area (Å²) in [5.41, 5.74) is 2.61. The molecule has 1 N–H and O–H groups in total. The molecule has 0 aliphatic heterocycles. The van der Waals surface area contributed by atoms with Crippen LogP contribution in [0.3, 0.4) is 0 Å². The first-order chi connectivity index (χ1) is 12.7. The fourth-order valence-electron chi connectivity index (χ4n) is 2.65. The van der Waals surface area contributed by atoms with Crippen LogP contribution in [0, 0.1) is 0 Å². The average Bonchev–Trinajstić information content (AvgIpc) is 3.26. The van der Waals surface area contributed by atoms with E-state index in [2.05, 4.69) is 36.8 Å². The van der Waals surface area contributed by atoms with E-state index < -0.39 is 0 Å². The molecule has 0 aromatic carbocycles. The van der Waals surface area contributed by atoms with Gasteiger partial charge in [0.25, 0.3) is 0 Å². The molecule has 4 aromatic rings. The molecular weight excluding hydrogens is 348 g/mol. The summed E-state index contributed by atoms with van der Waals surface area (Å²) in [6.07, 6.45) is 8.44. The van der Waals surface area contributed by atoms with Gasteiger partial charge in [-0.2, -0.15) is 16.9 Å². The van der Waals surface area contributed by atoms with Crippen molar-refractivity contribution in [1.82, 2.24) is 34.3 Å². The van der Waals surface area contributed by atoms with Gasteiger partial charge in [-0.3, -0.25) is 9.08 Å². The predicted molar refractivity (Wildman–Crippen MR) is 103 cm³/mol. The van der Waals surface area contributed by atoms with Gasteiger partial charge in [-0.05, 0) is 24.5 Å². The summed E-state index contributed by atoms with van der Waals surface area (Å²) in [5.74, 6) is 3.35. The number of aryl methyl sites for hydroxylation is 2.